The molecule has 1 rings (SSSR count). The second kappa shape index (κ2) is 4.38. The van der Waals surface area contributed by atoms with Crippen molar-refractivity contribution in [2.24, 2.45) is 5.84 Å². The number of carbonyl (C=O) groups excluding carboxylic acids is 1. The van der Waals surface area contributed by atoms with Crippen LogP contribution < -0.4 is 11.3 Å². The van der Waals surface area contributed by atoms with Crippen LogP contribution in [0.5, 0.6) is 0 Å². The predicted octanol–water partition coefficient (Wildman–Crippen LogP) is 1.50. The van der Waals surface area contributed by atoms with Crippen LogP contribution in [0.4, 0.5) is 0 Å². The number of amides is 1. The van der Waals surface area contributed by atoms with Crippen molar-refractivity contribution in [1.82, 2.24) is 5.43 Å². The molecule has 1 aromatic rings. The van der Waals surface area contributed by atoms with Crippen LogP contribution in [-0.2, 0) is 0 Å². The Morgan fingerprint density at radius 3 is 2.58 bits per heavy atom. The molecule has 64 valence electrons. The highest BCUT2D eigenvalue weighted by Gasteiger charge is 2.07. The molecule has 0 fully saturated rings. The number of benzene rings is 1. The van der Waals surface area contributed by atoms with Crippen molar-refractivity contribution in [3.8, 4) is 0 Å². The summed E-state index contributed by atoms with van der Waals surface area (Å²) in [4.78, 5) is 11.1. The molecule has 0 bridgehead atoms. The first-order valence-electron chi connectivity index (χ1n) is 3.11. The van der Waals surface area contributed by atoms with E-state index in [4.69, 9.17) is 5.84 Å². The fraction of sp³-hybridized carbons (Fsp3) is 0. The molecular weight excluding hydrogens is 382 g/mol. The fourth-order valence-electron chi connectivity index (χ4n) is 0.751. The third-order valence-electron chi connectivity index (χ3n) is 1.31. The number of hydrazine groups is 1. The maximum Gasteiger partial charge on any atom is 0.266 e. The minimum Gasteiger partial charge on any atom is -0.290 e. The maximum absolute atomic E-state index is 11.1. The molecule has 0 aromatic heterocycles. The van der Waals surface area contributed by atoms with E-state index in [2.05, 4.69) is 50.6 Å². The molecule has 0 aliphatic rings. The van der Waals surface area contributed by atoms with Crippen LogP contribution in [0.3, 0.4) is 0 Å². The molecule has 12 heavy (non-hydrogen) atoms. The lowest BCUT2D eigenvalue weighted by atomic mass is 10.2. The Hall–Kier alpha value is 0.110. The third kappa shape index (κ3) is 2.30. The predicted molar refractivity (Wildman–Crippen MR) is 63.5 cm³/mol. The van der Waals surface area contributed by atoms with Gasteiger partial charge in [-0.05, 0) is 63.4 Å². The molecule has 1 amide bonds. The van der Waals surface area contributed by atoms with Crippen molar-refractivity contribution >= 4 is 51.1 Å². The summed E-state index contributed by atoms with van der Waals surface area (Å²) in [6, 6.07) is 5.55. The monoisotopic (exact) mass is 388 g/mol. The Balaban J connectivity index is 3.09. The third-order valence-corrected chi connectivity index (χ3v) is 2.87. The van der Waals surface area contributed by atoms with E-state index in [1.807, 2.05) is 12.1 Å². The van der Waals surface area contributed by atoms with Crippen LogP contribution in [0.25, 0.3) is 0 Å². The van der Waals surface area contributed by atoms with E-state index in [9.17, 15) is 4.79 Å². The SMILES string of the molecule is NNC(=O)c1ccc(I)cc1I. The van der Waals surface area contributed by atoms with E-state index in [0.29, 0.717) is 5.56 Å². The van der Waals surface area contributed by atoms with Gasteiger partial charge in [-0.2, -0.15) is 0 Å². The van der Waals surface area contributed by atoms with Crippen molar-refractivity contribution in [2.45, 2.75) is 0 Å². The van der Waals surface area contributed by atoms with E-state index < -0.39 is 0 Å². The van der Waals surface area contributed by atoms with E-state index in [1.165, 1.54) is 0 Å². The summed E-state index contributed by atoms with van der Waals surface area (Å²) in [6.07, 6.45) is 0. The maximum atomic E-state index is 11.1. The topological polar surface area (TPSA) is 55.1 Å². The van der Waals surface area contributed by atoms with Crippen molar-refractivity contribution in [3.05, 3.63) is 30.9 Å². The van der Waals surface area contributed by atoms with Gasteiger partial charge in [-0.25, -0.2) is 5.84 Å². The van der Waals surface area contributed by atoms with E-state index in [0.717, 1.165) is 7.14 Å². The Labute approximate surface area is 97.3 Å². The van der Waals surface area contributed by atoms with Gasteiger partial charge in [0.2, 0.25) is 0 Å². The minimum atomic E-state index is -0.254. The zero-order valence-electron chi connectivity index (χ0n) is 5.97. The second-order valence-electron chi connectivity index (χ2n) is 2.10. The van der Waals surface area contributed by atoms with Gasteiger partial charge in [-0.15, -0.1) is 0 Å². The van der Waals surface area contributed by atoms with Crippen molar-refractivity contribution in [2.75, 3.05) is 0 Å². The Bertz CT molecular complexity index is 314. The number of hydrogen-bond donors (Lipinski definition) is 2. The average Bonchev–Trinajstić information content (AvgIpc) is 2.03. The molecule has 0 aliphatic heterocycles. The number of rotatable bonds is 1. The molecule has 0 aliphatic carbocycles. The number of nitrogens with two attached hydrogens (primary N) is 1. The Kier molecular flexibility index (Phi) is 3.72. The van der Waals surface area contributed by atoms with E-state index in [1.54, 1.807) is 6.07 Å². The fourth-order valence-corrected chi connectivity index (χ4v) is 2.60. The van der Waals surface area contributed by atoms with Crippen molar-refractivity contribution in [1.29, 1.82) is 0 Å². The summed E-state index contributed by atoms with van der Waals surface area (Å²) >= 11 is 4.29. The van der Waals surface area contributed by atoms with Gasteiger partial charge in [0.15, 0.2) is 0 Å². The number of carbonyl (C=O) groups is 1. The summed E-state index contributed by atoms with van der Waals surface area (Å²) in [6.45, 7) is 0. The first kappa shape index (κ1) is 10.2. The minimum absolute atomic E-state index is 0.254. The highest BCUT2D eigenvalue weighted by molar-refractivity contribution is 14.1. The molecule has 0 heterocycles. The second-order valence-corrected chi connectivity index (χ2v) is 4.51. The molecule has 0 saturated heterocycles. The zero-order valence-corrected chi connectivity index (χ0v) is 10.3. The van der Waals surface area contributed by atoms with Crippen LogP contribution >= 0.6 is 45.2 Å². The van der Waals surface area contributed by atoms with Gasteiger partial charge in [0, 0.05) is 7.14 Å². The highest BCUT2D eigenvalue weighted by Crippen LogP contribution is 2.15. The van der Waals surface area contributed by atoms with Crippen molar-refractivity contribution < 1.29 is 4.79 Å². The summed E-state index contributed by atoms with van der Waals surface area (Å²) in [5, 5.41) is 0. The molecule has 3 nitrogen and oxygen atoms in total. The first-order chi connectivity index (χ1) is 5.65. The first-order valence-corrected chi connectivity index (χ1v) is 5.27. The molecule has 0 spiro atoms. The van der Waals surface area contributed by atoms with Crippen LogP contribution in [0, 0.1) is 7.14 Å². The molecule has 0 saturated carbocycles. The average molecular weight is 388 g/mol. The number of hydrogen-bond acceptors (Lipinski definition) is 2. The lowest BCUT2D eigenvalue weighted by Crippen LogP contribution is -2.30. The molecule has 0 unspecified atom stereocenters. The van der Waals surface area contributed by atoms with Gasteiger partial charge in [0.25, 0.3) is 5.91 Å². The van der Waals surface area contributed by atoms with Gasteiger partial charge < -0.3 is 0 Å². The van der Waals surface area contributed by atoms with Gasteiger partial charge >= 0.3 is 0 Å². The summed E-state index contributed by atoms with van der Waals surface area (Å²) in [5.74, 6) is 4.75. The van der Waals surface area contributed by atoms with Gasteiger partial charge in [-0.3, -0.25) is 10.2 Å². The summed E-state index contributed by atoms with van der Waals surface area (Å²) in [7, 11) is 0. The Morgan fingerprint density at radius 2 is 2.08 bits per heavy atom. The Morgan fingerprint density at radius 1 is 1.42 bits per heavy atom. The van der Waals surface area contributed by atoms with Crippen molar-refractivity contribution in [3.63, 3.8) is 0 Å². The zero-order chi connectivity index (χ0) is 9.14. The van der Waals surface area contributed by atoms with Crippen LogP contribution in [0.15, 0.2) is 18.2 Å². The number of nitrogen functional groups attached to an aromatic ring is 1. The highest BCUT2D eigenvalue weighted by atomic mass is 127. The van der Waals surface area contributed by atoms with Crippen LogP contribution in [-0.4, -0.2) is 5.91 Å². The van der Waals surface area contributed by atoms with Gasteiger partial charge in [0.1, 0.15) is 0 Å². The summed E-state index contributed by atoms with van der Waals surface area (Å²) < 4.78 is 2.01. The molecule has 5 heteroatoms. The van der Waals surface area contributed by atoms with E-state index in [-0.39, 0.29) is 5.91 Å². The standard InChI is InChI=1S/C7H6I2N2O/c8-4-1-2-5(6(9)3-4)7(12)11-10/h1-3H,10H2,(H,11,12). The molecular formula is C7H6I2N2O. The normalized spacial score (nSPS) is 9.58. The van der Waals surface area contributed by atoms with Crippen LogP contribution in [0.1, 0.15) is 10.4 Å². The molecule has 1 aromatic carbocycles. The lowest BCUT2D eigenvalue weighted by Gasteiger charge is -2.02. The molecule has 0 atom stereocenters. The lowest BCUT2D eigenvalue weighted by molar-refractivity contribution is 0.0953. The largest absolute Gasteiger partial charge is 0.290 e. The van der Waals surface area contributed by atoms with Crippen LogP contribution in [0.2, 0.25) is 0 Å². The summed E-state index contributed by atoms with van der Waals surface area (Å²) in [5.41, 5.74) is 2.71. The molecule has 0 radical (unpaired) electrons. The number of nitrogens with one attached hydrogen (secondary N) is 1. The quantitative estimate of drug-likeness (QED) is 0.332. The number of halogens is 2. The molecule has 3 N–H and O–H groups in total. The van der Waals surface area contributed by atoms with Gasteiger partial charge in [-0.1, -0.05) is 0 Å². The van der Waals surface area contributed by atoms with E-state index >= 15 is 0 Å². The smallest absolute Gasteiger partial charge is 0.266 e. The van der Waals surface area contributed by atoms with Gasteiger partial charge in [0.05, 0.1) is 5.56 Å².